The number of sulfonamides is 1. The van der Waals surface area contributed by atoms with E-state index in [1.54, 1.807) is 18.2 Å². The van der Waals surface area contributed by atoms with Crippen LogP contribution in [0.25, 0.3) is 10.8 Å². The van der Waals surface area contributed by atoms with E-state index in [4.69, 9.17) is 0 Å². The zero-order valence-corrected chi connectivity index (χ0v) is 17.6. The van der Waals surface area contributed by atoms with Crippen molar-refractivity contribution in [3.05, 3.63) is 72.3 Å². The number of hydrogen-bond acceptors (Lipinski definition) is 4. The number of fused-ring (bicyclic) bond motifs is 1. The van der Waals surface area contributed by atoms with Gasteiger partial charge in [-0.3, -0.25) is 4.79 Å². The zero-order valence-electron chi connectivity index (χ0n) is 16.7. The van der Waals surface area contributed by atoms with E-state index in [2.05, 4.69) is 4.74 Å². The van der Waals surface area contributed by atoms with Crippen molar-refractivity contribution in [3.8, 4) is 5.75 Å². The molecule has 0 unspecified atom stereocenters. The zero-order chi connectivity index (χ0) is 22.9. The van der Waals surface area contributed by atoms with Gasteiger partial charge in [0.2, 0.25) is 10.0 Å². The first-order chi connectivity index (χ1) is 15.1. The fraction of sp³-hybridized carbons (Fsp3) is 0.227. The average molecular weight is 464 g/mol. The second-order valence-electron chi connectivity index (χ2n) is 7.28. The third kappa shape index (κ3) is 4.71. The summed E-state index contributed by atoms with van der Waals surface area (Å²) in [5.41, 5.74) is 0.199. The molecule has 0 radical (unpaired) electrons. The molecule has 0 aromatic heterocycles. The molecule has 1 aliphatic rings. The maximum atomic E-state index is 13.0. The van der Waals surface area contributed by atoms with Crippen LogP contribution in [-0.4, -0.2) is 56.1 Å². The molecule has 0 saturated carbocycles. The minimum Gasteiger partial charge on any atom is -0.406 e. The molecular weight excluding hydrogens is 445 g/mol. The van der Waals surface area contributed by atoms with Gasteiger partial charge in [0, 0.05) is 31.7 Å². The molecule has 0 spiro atoms. The topological polar surface area (TPSA) is 66.9 Å². The fourth-order valence-electron chi connectivity index (χ4n) is 3.59. The van der Waals surface area contributed by atoms with Crippen LogP contribution in [0.3, 0.4) is 0 Å². The molecule has 4 rings (SSSR count). The molecule has 1 aliphatic heterocycles. The number of carbonyl (C=O) groups excluding carboxylic acids is 1. The van der Waals surface area contributed by atoms with E-state index in [0.717, 1.165) is 22.9 Å². The highest BCUT2D eigenvalue weighted by Crippen LogP contribution is 2.25. The monoisotopic (exact) mass is 464 g/mol. The fourth-order valence-corrected chi connectivity index (χ4v) is 5.05. The van der Waals surface area contributed by atoms with Gasteiger partial charge in [-0.15, -0.1) is 13.2 Å². The van der Waals surface area contributed by atoms with Crippen molar-refractivity contribution < 1.29 is 31.1 Å². The van der Waals surface area contributed by atoms with E-state index >= 15 is 0 Å². The number of amides is 1. The molecule has 1 fully saturated rings. The summed E-state index contributed by atoms with van der Waals surface area (Å²) < 4.78 is 68.0. The number of benzene rings is 3. The van der Waals surface area contributed by atoms with E-state index in [-0.39, 0.29) is 42.5 Å². The summed E-state index contributed by atoms with van der Waals surface area (Å²) in [6.07, 6.45) is -4.81. The molecule has 0 atom stereocenters. The SMILES string of the molecule is O=C(c1ccc(OC(F)(F)F)cc1)N1CCN(S(=O)(=O)c2ccc3ccccc3c2)CC1. The number of ether oxygens (including phenoxy) is 1. The summed E-state index contributed by atoms with van der Waals surface area (Å²) in [5, 5.41) is 1.76. The maximum Gasteiger partial charge on any atom is 0.573 e. The van der Waals surface area contributed by atoms with Crippen LogP contribution in [0.15, 0.2) is 71.6 Å². The molecule has 1 heterocycles. The Kier molecular flexibility index (Phi) is 5.83. The first kappa shape index (κ1) is 22.1. The Morgan fingerprint density at radius 2 is 1.47 bits per heavy atom. The van der Waals surface area contributed by atoms with E-state index in [9.17, 15) is 26.4 Å². The first-order valence-electron chi connectivity index (χ1n) is 9.77. The third-order valence-corrected chi connectivity index (χ3v) is 7.11. The van der Waals surface area contributed by atoms with Crippen LogP contribution < -0.4 is 4.74 Å². The largest absolute Gasteiger partial charge is 0.573 e. The number of alkyl halides is 3. The molecule has 3 aromatic carbocycles. The van der Waals surface area contributed by atoms with Crippen LogP contribution in [0.5, 0.6) is 5.75 Å². The highest BCUT2D eigenvalue weighted by Gasteiger charge is 2.32. The molecule has 1 saturated heterocycles. The number of piperazine rings is 1. The maximum absolute atomic E-state index is 13.0. The summed E-state index contributed by atoms with van der Waals surface area (Å²) in [6, 6.07) is 17.1. The van der Waals surface area contributed by atoms with E-state index in [0.29, 0.717) is 0 Å². The number of carbonyl (C=O) groups is 1. The Labute approximate surface area is 182 Å². The van der Waals surface area contributed by atoms with Gasteiger partial charge < -0.3 is 9.64 Å². The predicted octanol–water partition coefficient (Wildman–Crippen LogP) is 3.89. The van der Waals surface area contributed by atoms with Crippen LogP contribution in [0.1, 0.15) is 10.4 Å². The van der Waals surface area contributed by atoms with Crippen LogP contribution in [-0.2, 0) is 10.0 Å². The summed E-state index contributed by atoms with van der Waals surface area (Å²) in [4.78, 5) is 14.3. The normalized spacial score (nSPS) is 15.7. The Balaban J connectivity index is 1.42. The van der Waals surface area contributed by atoms with Gasteiger partial charge in [-0.1, -0.05) is 30.3 Å². The summed E-state index contributed by atoms with van der Waals surface area (Å²) in [7, 11) is -3.72. The van der Waals surface area contributed by atoms with Crippen molar-refractivity contribution in [1.82, 2.24) is 9.21 Å². The molecule has 0 N–H and O–H groups in total. The molecule has 0 bridgehead atoms. The van der Waals surface area contributed by atoms with Gasteiger partial charge in [0.25, 0.3) is 5.91 Å². The molecule has 1 amide bonds. The third-order valence-electron chi connectivity index (χ3n) is 5.22. The minimum atomic E-state index is -4.81. The van der Waals surface area contributed by atoms with Crippen molar-refractivity contribution in [2.24, 2.45) is 0 Å². The van der Waals surface area contributed by atoms with Crippen molar-refractivity contribution in [3.63, 3.8) is 0 Å². The lowest BCUT2D eigenvalue weighted by molar-refractivity contribution is -0.274. The highest BCUT2D eigenvalue weighted by molar-refractivity contribution is 7.89. The Morgan fingerprint density at radius 1 is 0.844 bits per heavy atom. The first-order valence-corrected chi connectivity index (χ1v) is 11.2. The Bertz CT molecular complexity index is 1240. The van der Waals surface area contributed by atoms with E-state index < -0.39 is 22.1 Å². The summed E-state index contributed by atoms with van der Waals surface area (Å²) in [6.45, 7) is 0.589. The van der Waals surface area contributed by atoms with Crippen molar-refractivity contribution in [2.75, 3.05) is 26.2 Å². The van der Waals surface area contributed by atoms with Crippen LogP contribution >= 0.6 is 0 Å². The second kappa shape index (κ2) is 8.44. The van der Waals surface area contributed by atoms with Gasteiger partial charge in [-0.25, -0.2) is 8.42 Å². The summed E-state index contributed by atoms with van der Waals surface area (Å²) >= 11 is 0. The smallest absolute Gasteiger partial charge is 0.406 e. The molecule has 6 nitrogen and oxygen atoms in total. The van der Waals surface area contributed by atoms with E-state index in [1.165, 1.54) is 21.3 Å². The molecular formula is C22H19F3N2O4S. The lowest BCUT2D eigenvalue weighted by Crippen LogP contribution is -2.50. The average Bonchev–Trinajstić information content (AvgIpc) is 2.78. The number of hydrogen-bond donors (Lipinski definition) is 0. The Morgan fingerprint density at radius 3 is 2.09 bits per heavy atom. The standard InChI is InChI=1S/C22H19F3N2O4S/c23-22(24,25)31-19-8-5-17(6-9-19)21(28)26-11-13-27(14-12-26)32(29,30)20-10-7-16-3-1-2-4-18(16)15-20/h1-10,15H,11-14H2. The van der Waals surface area contributed by atoms with Gasteiger partial charge in [0.1, 0.15) is 5.75 Å². The second-order valence-corrected chi connectivity index (χ2v) is 9.22. The molecule has 168 valence electrons. The lowest BCUT2D eigenvalue weighted by atomic mass is 10.1. The summed E-state index contributed by atoms with van der Waals surface area (Å²) in [5.74, 6) is -0.799. The van der Waals surface area contributed by atoms with Crippen molar-refractivity contribution >= 4 is 26.7 Å². The molecule has 32 heavy (non-hydrogen) atoms. The van der Waals surface area contributed by atoms with Gasteiger partial charge in [0.15, 0.2) is 0 Å². The van der Waals surface area contributed by atoms with Crippen LogP contribution in [0, 0.1) is 0 Å². The molecule has 3 aromatic rings. The molecule has 0 aliphatic carbocycles. The number of rotatable bonds is 4. The minimum absolute atomic E-state index is 0.121. The Hall–Kier alpha value is -3.11. The number of nitrogens with zero attached hydrogens (tertiary/aromatic N) is 2. The lowest BCUT2D eigenvalue weighted by Gasteiger charge is -2.34. The van der Waals surface area contributed by atoms with Crippen LogP contribution in [0.2, 0.25) is 0 Å². The van der Waals surface area contributed by atoms with Crippen LogP contribution in [0.4, 0.5) is 13.2 Å². The van der Waals surface area contributed by atoms with Crippen molar-refractivity contribution in [2.45, 2.75) is 11.3 Å². The quantitative estimate of drug-likeness (QED) is 0.588. The highest BCUT2D eigenvalue weighted by atomic mass is 32.2. The van der Waals surface area contributed by atoms with Gasteiger partial charge >= 0.3 is 6.36 Å². The number of halogens is 3. The van der Waals surface area contributed by atoms with Gasteiger partial charge in [0.05, 0.1) is 4.90 Å². The predicted molar refractivity (Wildman–Crippen MR) is 112 cm³/mol. The molecule has 10 heteroatoms. The van der Waals surface area contributed by atoms with Gasteiger partial charge in [-0.2, -0.15) is 4.31 Å². The van der Waals surface area contributed by atoms with Gasteiger partial charge in [-0.05, 0) is 47.2 Å². The van der Waals surface area contributed by atoms with Crippen molar-refractivity contribution in [1.29, 1.82) is 0 Å². The van der Waals surface area contributed by atoms with E-state index in [1.807, 2.05) is 24.3 Å².